The standard InChI is InChI=1S/C13H12N4O2S/c1-2-11-7-16-13(20-11)8-15-10-3-4-12(17(18)19)9(5-10)6-14/h3-5,7,15H,2,8H2,1H3. The molecule has 6 nitrogen and oxygen atoms in total. The average Bonchev–Trinajstić information content (AvgIpc) is 2.92. The number of nitro groups is 1. The Kier molecular flexibility index (Phi) is 4.27. The van der Waals surface area contributed by atoms with E-state index in [1.165, 1.54) is 17.0 Å². The quantitative estimate of drug-likeness (QED) is 0.674. The molecule has 1 heterocycles. The zero-order valence-electron chi connectivity index (χ0n) is 10.8. The zero-order chi connectivity index (χ0) is 14.5. The summed E-state index contributed by atoms with van der Waals surface area (Å²) in [5, 5.41) is 23.7. The lowest BCUT2D eigenvalue weighted by molar-refractivity contribution is -0.385. The molecule has 1 aromatic carbocycles. The number of rotatable bonds is 5. The molecule has 0 atom stereocenters. The van der Waals surface area contributed by atoms with E-state index in [1.807, 2.05) is 12.3 Å². The Morgan fingerprint density at radius 2 is 2.35 bits per heavy atom. The molecule has 0 saturated heterocycles. The SMILES string of the molecule is CCc1cnc(CNc2ccc([N+](=O)[O-])c(C#N)c2)s1. The van der Waals surface area contributed by atoms with Gasteiger partial charge in [-0.1, -0.05) is 6.92 Å². The third-order valence-corrected chi connectivity index (χ3v) is 3.85. The topological polar surface area (TPSA) is 91.8 Å². The number of nitro benzene ring substituents is 1. The number of anilines is 1. The number of hydrogen-bond donors (Lipinski definition) is 1. The highest BCUT2D eigenvalue weighted by atomic mass is 32.1. The Balaban J connectivity index is 2.10. The number of nitrogens with zero attached hydrogens (tertiary/aromatic N) is 3. The van der Waals surface area contributed by atoms with E-state index in [9.17, 15) is 10.1 Å². The molecule has 7 heteroatoms. The van der Waals surface area contributed by atoms with Crippen LogP contribution in [0.25, 0.3) is 0 Å². The minimum absolute atomic E-state index is 0.0494. The van der Waals surface area contributed by atoms with E-state index in [-0.39, 0.29) is 11.3 Å². The van der Waals surface area contributed by atoms with E-state index in [0.717, 1.165) is 11.4 Å². The molecule has 0 spiro atoms. The predicted molar refractivity (Wildman–Crippen MR) is 76.6 cm³/mol. The fourth-order valence-electron chi connectivity index (χ4n) is 1.67. The summed E-state index contributed by atoms with van der Waals surface area (Å²) in [7, 11) is 0. The first-order chi connectivity index (χ1) is 9.63. The molecule has 0 unspecified atom stereocenters. The first kappa shape index (κ1) is 14.0. The Hall–Kier alpha value is -2.46. The van der Waals surface area contributed by atoms with Crippen LogP contribution in [0, 0.1) is 21.4 Å². The van der Waals surface area contributed by atoms with Crippen LogP contribution in [0.2, 0.25) is 0 Å². The van der Waals surface area contributed by atoms with Crippen molar-refractivity contribution in [2.45, 2.75) is 19.9 Å². The van der Waals surface area contributed by atoms with E-state index in [2.05, 4.69) is 17.2 Å². The van der Waals surface area contributed by atoms with Gasteiger partial charge in [-0.3, -0.25) is 10.1 Å². The highest BCUT2D eigenvalue weighted by molar-refractivity contribution is 7.11. The van der Waals surface area contributed by atoms with E-state index < -0.39 is 4.92 Å². The number of benzene rings is 1. The highest BCUT2D eigenvalue weighted by Crippen LogP contribution is 2.22. The van der Waals surface area contributed by atoms with Crippen LogP contribution in [-0.2, 0) is 13.0 Å². The zero-order valence-corrected chi connectivity index (χ0v) is 11.6. The van der Waals surface area contributed by atoms with Gasteiger partial charge in [0.1, 0.15) is 16.6 Å². The molecule has 20 heavy (non-hydrogen) atoms. The molecule has 2 rings (SSSR count). The van der Waals surface area contributed by atoms with Crippen LogP contribution < -0.4 is 5.32 Å². The normalized spacial score (nSPS) is 10.0. The number of hydrogen-bond acceptors (Lipinski definition) is 6. The predicted octanol–water partition coefficient (Wildman–Crippen LogP) is 3.10. The van der Waals surface area contributed by atoms with Gasteiger partial charge in [0.05, 0.1) is 11.5 Å². The average molecular weight is 288 g/mol. The van der Waals surface area contributed by atoms with Crippen molar-refractivity contribution in [3.63, 3.8) is 0 Å². The summed E-state index contributed by atoms with van der Waals surface area (Å²) in [5.74, 6) is 0. The van der Waals surface area contributed by atoms with Crippen molar-refractivity contribution in [3.8, 4) is 6.07 Å². The minimum atomic E-state index is -0.559. The van der Waals surface area contributed by atoms with Gasteiger partial charge in [-0.2, -0.15) is 5.26 Å². The van der Waals surface area contributed by atoms with Crippen molar-refractivity contribution in [2.75, 3.05) is 5.32 Å². The first-order valence-electron chi connectivity index (χ1n) is 6.00. The molecule has 0 fully saturated rings. The molecule has 1 aromatic heterocycles. The molecule has 2 aromatic rings. The van der Waals surface area contributed by atoms with Crippen molar-refractivity contribution in [1.82, 2.24) is 4.98 Å². The summed E-state index contributed by atoms with van der Waals surface area (Å²) in [6, 6.07) is 6.24. The molecular formula is C13H12N4O2S. The van der Waals surface area contributed by atoms with E-state index in [4.69, 9.17) is 5.26 Å². The smallest absolute Gasteiger partial charge is 0.287 e. The fourth-order valence-corrected chi connectivity index (χ4v) is 2.47. The van der Waals surface area contributed by atoms with Gasteiger partial charge in [0, 0.05) is 22.8 Å². The molecule has 0 aliphatic carbocycles. The monoisotopic (exact) mass is 288 g/mol. The van der Waals surface area contributed by atoms with Crippen LogP contribution in [0.1, 0.15) is 22.4 Å². The second-order valence-corrected chi connectivity index (χ2v) is 5.23. The largest absolute Gasteiger partial charge is 0.378 e. The van der Waals surface area contributed by atoms with Gasteiger partial charge < -0.3 is 5.32 Å². The minimum Gasteiger partial charge on any atom is -0.378 e. The first-order valence-corrected chi connectivity index (χ1v) is 6.81. The third kappa shape index (κ3) is 3.10. The molecule has 0 aliphatic rings. The second kappa shape index (κ2) is 6.12. The summed E-state index contributed by atoms with van der Waals surface area (Å²) in [6.07, 6.45) is 2.80. The van der Waals surface area contributed by atoms with Crippen LogP contribution in [0.4, 0.5) is 11.4 Å². The lowest BCUT2D eigenvalue weighted by Crippen LogP contribution is -2.00. The molecular weight excluding hydrogens is 276 g/mol. The van der Waals surface area contributed by atoms with Gasteiger partial charge in [0.15, 0.2) is 0 Å². The molecule has 0 aliphatic heterocycles. The Morgan fingerprint density at radius 1 is 1.55 bits per heavy atom. The number of thiazole rings is 1. The van der Waals surface area contributed by atoms with Crippen molar-refractivity contribution in [3.05, 3.63) is 50.0 Å². The van der Waals surface area contributed by atoms with Gasteiger partial charge >= 0.3 is 0 Å². The second-order valence-electron chi connectivity index (χ2n) is 4.03. The van der Waals surface area contributed by atoms with Crippen molar-refractivity contribution in [2.24, 2.45) is 0 Å². The van der Waals surface area contributed by atoms with Gasteiger partial charge in [0.2, 0.25) is 0 Å². The van der Waals surface area contributed by atoms with Crippen LogP contribution in [0.5, 0.6) is 0 Å². The Bertz CT molecular complexity index is 675. The fraction of sp³-hybridized carbons (Fsp3) is 0.231. The molecule has 102 valence electrons. The van der Waals surface area contributed by atoms with Gasteiger partial charge in [-0.05, 0) is 18.6 Å². The number of aromatic nitrogens is 1. The van der Waals surface area contributed by atoms with Crippen LogP contribution in [0.15, 0.2) is 24.4 Å². The molecule has 0 bridgehead atoms. The van der Waals surface area contributed by atoms with E-state index >= 15 is 0 Å². The molecule has 0 saturated carbocycles. The summed E-state index contributed by atoms with van der Waals surface area (Å²) in [5.41, 5.74) is 0.536. The van der Waals surface area contributed by atoms with Gasteiger partial charge in [-0.25, -0.2) is 4.98 Å². The third-order valence-electron chi connectivity index (χ3n) is 2.71. The summed E-state index contributed by atoms with van der Waals surface area (Å²) < 4.78 is 0. The molecule has 0 amide bonds. The van der Waals surface area contributed by atoms with E-state index in [1.54, 1.807) is 17.4 Å². The number of nitrogens with one attached hydrogen (secondary N) is 1. The number of aryl methyl sites for hydroxylation is 1. The molecule has 0 radical (unpaired) electrons. The van der Waals surface area contributed by atoms with Crippen LogP contribution >= 0.6 is 11.3 Å². The lowest BCUT2D eigenvalue weighted by atomic mass is 10.2. The number of nitriles is 1. The van der Waals surface area contributed by atoms with Crippen molar-refractivity contribution >= 4 is 22.7 Å². The summed E-state index contributed by atoms with van der Waals surface area (Å²) >= 11 is 1.62. The van der Waals surface area contributed by atoms with Crippen LogP contribution in [-0.4, -0.2) is 9.91 Å². The maximum atomic E-state index is 10.7. The highest BCUT2D eigenvalue weighted by Gasteiger charge is 2.13. The lowest BCUT2D eigenvalue weighted by Gasteiger charge is -2.04. The maximum absolute atomic E-state index is 10.7. The Labute approximate surface area is 119 Å². The van der Waals surface area contributed by atoms with Gasteiger partial charge in [0.25, 0.3) is 5.69 Å². The molecule has 1 N–H and O–H groups in total. The maximum Gasteiger partial charge on any atom is 0.287 e. The van der Waals surface area contributed by atoms with Crippen LogP contribution in [0.3, 0.4) is 0 Å². The van der Waals surface area contributed by atoms with Gasteiger partial charge in [-0.15, -0.1) is 11.3 Å². The van der Waals surface area contributed by atoms with Crippen molar-refractivity contribution in [1.29, 1.82) is 5.26 Å². The summed E-state index contributed by atoms with van der Waals surface area (Å²) in [6.45, 7) is 2.60. The Morgan fingerprint density at radius 3 is 2.95 bits per heavy atom. The van der Waals surface area contributed by atoms with E-state index in [0.29, 0.717) is 12.2 Å². The summed E-state index contributed by atoms with van der Waals surface area (Å²) in [4.78, 5) is 15.7. The van der Waals surface area contributed by atoms with Crippen molar-refractivity contribution < 1.29 is 4.92 Å².